The van der Waals surface area contributed by atoms with Crippen molar-refractivity contribution in [1.29, 1.82) is 0 Å². The predicted molar refractivity (Wildman–Crippen MR) is 105 cm³/mol. The molecule has 0 atom stereocenters. The van der Waals surface area contributed by atoms with Crippen LogP contribution in [0.2, 0.25) is 0 Å². The standard InChI is InChI=1S/C23H22O4/c1-16(2)26-20-12-14-22(15-13-20)27-21-10-8-18(9-11-21)17-4-6-19(7-5-17)23(24)25-3/h4-16H,1-3H3. The van der Waals surface area contributed by atoms with Crippen LogP contribution in [-0.4, -0.2) is 19.2 Å². The molecular formula is C23H22O4. The molecule has 0 aliphatic heterocycles. The van der Waals surface area contributed by atoms with Gasteiger partial charge >= 0.3 is 5.97 Å². The minimum absolute atomic E-state index is 0.144. The Morgan fingerprint density at radius 1 is 0.704 bits per heavy atom. The van der Waals surface area contributed by atoms with Crippen LogP contribution in [0.5, 0.6) is 17.2 Å². The SMILES string of the molecule is COC(=O)c1ccc(-c2ccc(Oc3ccc(OC(C)C)cc3)cc2)cc1. The van der Waals surface area contributed by atoms with Crippen molar-refractivity contribution in [2.75, 3.05) is 7.11 Å². The fourth-order valence-corrected chi connectivity index (χ4v) is 2.63. The molecule has 0 radical (unpaired) electrons. The number of hydrogen-bond acceptors (Lipinski definition) is 4. The lowest BCUT2D eigenvalue weighted by atomic mass is 10.0. The predicted octanol–water partition coefficient (Wildman–Crippen LogP) is 5.72. The first-order chi connectivity index (χ1) is 13.0. The van der Waals surface area contributed by atoms with Gasteiger partial charge in [-0.05, 0) is 73.5 Å². The zero-order valence-electron chi connectivity index (χ0n) is 15.6. The second-order valence-corrected chi connectivity index (χ2v) is 6.33. The molecule has 3 aromatic carbocycles. The highest BCUT2D eigenvalue weighted by Gasteiger charge is 2.06. The second-order valence-electron chi connectivity index (χ2n) is 6.33. The number of rotatable bonds is 6. The van der Waals surface area contributed by atoms with Gasteiger partial charge in [0.05, 0.1) is 18.8 Å². The van der Waals surface area contributed by atoms with Gasteiger partial charge in [-0.2, -0.15) is 0 Å². The summed E-state index contributed by atoms with van der Waals surface area (Å²) in [6.45, 7) is 3.99. The number of benzene rings is 3. The highest BCUT2D eigenvalue weighted by molar-refractivity contribution is 5.89. The van der Waals surface area contributed by atoms with E-state index < -0.39 is 0 Å². The zero-order chi connectivity index (χ0) is 19.2. The largest absolute Gasteiger partial charge is 0.491 e. The molecule has 0 N–H and O–H groups in total. The highest BCUT2D eigenvalue weighted by Crippen LogP contribution is 2.27. The van der Waals surface area contributed by atoms with Gasteiger partial charge < -0.3 is 14.2 Å². The van der Waals surface area contributed by atoms with E-state index in [9.17, 15) is 4.79 Å². The van der Waals surface area contributed by atoms with E-state index in [4.69, 9.17) is 14.2 Å². The van der Waals surface area contributed by atoms with Crippen LogP contribution in [0.4, 0.5) is 0 Å². The Balaban J connectivity index is 1.67. The van der Waals surface area contributed by atoms with Crippen molar-refractivity contribution in [3.8, 4) is 28.4 Å². The van der Waals surface area contributed by atoms with E-state index in [1.54, 1.807) is 12.1 Å². The molecule has 0 aliphatic rings. The van der Waals surface area contributed by atoms with Crippen LogP contribution in [0.3, 0.4) is 0 Å². The Hall–Kier alpha value is -3.27. The third-order valence-corrected chi connectivity index (χ3v) is 3.92. The maximum atomic E-state index is 11.5. The van der Waals surface area contributed by atoms with Crippen molar-refractivity contribution in [3.63, 3.8) is 0 Å². The maximum absolute atomic E-state index is 11.5. The van der Waals surface area contributed by atoms with Crippen molar-refractivity contribution in [2.45, 2.75) is 20.0 Å². The van der Waals surface area contributed by atoms with Crippen molar-refractivity contribution in [3.05, 3.63) is 78.4 Å². The van der Waals surface area contributed by atoms with Crippen molar-refractivity contribution in [2.24, 2.45) is 0 Å². The summed E-state index contributed by atoms with van der Waals surface area (Å²) >= 11 is 0. The minimum atomic E-state index is -0.338. The summed E-state index contributed by atoms with van der Waals surface area (Å²) < 4.78 is 16.2. The van der Waals surface area contributed by atoms with Gasteiger partial charge in [-0.25, -0.2) is 4.79 Å². The number of methoxy groups -OCH3 is 1. The summed E-state index contributed by atoms with van der Waals surface area (Å²) in [6.07, 6.45) is 0.144. The molecule has 0 bridgehead atoms. The third-order valence-electron chi connectivity index (χ3n) is 3.92. The summed E-state index contributed by atoms with van der Waals surface area (Å²) in [5.74, 6) is 1.99. The molecule has 0 saturated carbocycles. The Morgan fingerprint density at radius 3 is 1.63 bits per heavy atom. The molecule has 0 aliphatic carbocycles. The summed E-state index contributed by atoms with van der Waals surface area (Å²) in [5.41, 5.74) is 2.59. The molecule has 4 heteroatoms. The first-order valence-electron chi connectivity index (χ1n) is 8.78. The molecule has 138 valence electrons. The summed E-state index contributed by atoms with van der Waals surface area (Å²) in [5, 5.41) is 0. The first kappa shape index (κ1) is 18.5. The summed E-state index contributed by atoms with van der Waals surface area (Å²) in [6, 6.07) is 22.7. The van der Waals surface area contributed by atoms with Crippen LogP contribution in [0.15, 0.2) is 72.8 Å². The average molecular weight is 362 g/mol. The molecule has 0 saturated heterocycles. The van der Waals surface area contributed by atoms with E-state index in [-0.39, 0.29) is 12.1 Å². The summed E-state index contributed by atoms with van der Waals surface area (Å²) in [7, 11) is 1.37. The molecule has 3 rings (SSSR count). The topological polar surface area (TPSA) is 44.8 Å². The van der Waals surface area contributed by atoms with E-state index >= 15 is 0 Å². The summed E-state index contributed by atoms with van der Waals surface area (Å²) in [4.78, 5) is 11.5. The van der Waals surface area contributed by atoms with Gasteiger partial charge in [-0.3, -0.25) is 0 Å². The van der Waals surface area contributed by atoms with Crippen LogP contribution in [0, 0.1) is 0 Å². The minimum Gasteiger partial charge on any atom is -0.491 e. The van der Waals surface area contributed by atoms with E-state index in [0.717, 1.165) is 28.4 Å². The average Bonchev–Trinajstić information content (AvgIpc) is 2.69. The van der Waals surface area contributed by atoms with E-state index in [0.29, 0.717) is 5.56 Å². The molecule has 27 heavy (non-hydrogen) atoms. The fraction of sp³-hybridized carbons (Fsp3) is 0.174. The molecule has 0 unspecified atom stereocenters. The molecule has 0 fully saturated rings. The number of carbonyl (C=O) groups is 1. The molecule has 3 aromatic rings. The zero-order valence-corrected chi connectivity index (χ0v) is 15.6. The smallest absolute Gasteiger partial charge is 0.337 e. The quantitative estimate of drug-likeness (QED) is 0.526. The molecule has 0 aromatic heterocycles. The van der Waals surface area contributed by atoms with Gasteiger partial charge in [-0.15, -0.1) is 0 Å². The van der Waals surface area contributed by atoms with Crippen LogP contribution < -0.4 is 9.47 Å². The first-order valence-corrected chi connectivity index (χ1v) is 8.78. The molecule has 4 nitrogen and oxygen atoms in total. The fourth-order valence-electron chi connectivity index (χ4n) is 2.63. The van der Waals surface area contributed by atoms with Crippen LogP contribution in [0.1, 0.15) is 24.2 Å². The van der Waals surface area contributed by atoms with Gasteiger partial charge in [-0.1, -0.05) is 24.3 Å². The van der Waals surface area contributed by atoms with Crippen LogP contribution in [0.25, 0.3) is 11.1 Å². The Bertz CT molecular complexity index is 879. The second kappa shape index (κ2) is 8.41. The highest BCUT2D eigenvalue weighted by atomic mass is 16.5. The van der Waals surface area contributed by atoms with Crippen LogP contribution in [-0.2, 0) is 4.74 Å². The van der Waals surface area contributed by atoms with Gasteiger partial charge in [0.1, 0.15) is 17.2 Å². The molecule has 0 spiro atoms. The molecule has 0 amide bonds. The van der Waals surface area contributed by atoms with Gasteiger partial charge in [0.2, 0.25) is 0 Å². The number of carbonyl (C=O) groups excluding carboxylic acids is 1. The molecular weight excluding hydrogens is 340 g/mol. The Kier molecular flexibility index (Phi) is 5.77. The molecule has 0 heterocycles. The van der Waals surface area contributed by atoms with Crippen molar-refractivity contribution < 1.29 is 19.0 Å². The van der Waals surface area contributed by atoms with Gasteiger partial charge in [0, 0.05) is 0 Å². The maximum Gasteiger partial charge on any atom is 0.337 e. The van der Waals surface area contributed by atoms with Gasteiger partial charge in [0.15, 0.2) is 0 Å². The third kappa shape index (κ3) is 4.88. The lowest BCUT2D eigenvalue weighted by molar-refractivity contribution is 0.0600. The monoisotopic (exact) mass is 362 g/mol. The van der Waals surface area contributed by atoms with E-state index in [1.165, 1.54) is 7.11 Å². The Labute approximate surface area is 159 Å². The van der Waals surface area contributed by atoms with Gasteiger partial charge in [0.25, 0.3) is 0 Å². The van der Waals surface area contributed by atoms with Crippen LogP contribution >= 0.6 is 0 Å². The normalized spacial score (nSPS) is 10.5. The lowest BCUT2D eigenvalue weighted by Crippen LogP contribution is -2.05. The van der Waals surface area contributed by atoms with E-state index in [1.807, 2.05) is 74.5 Å². The number of hydrogen-bond donors (Lipinski definition) is 0. The number of esters is 1. The van der Waals surface area contributed by atoms with Crippen molar-refractivity contribution >= 4 is 5.97 Å². The Morgan fingerprint density at radius 2 is 1.15 bits per heavy atom. The number of ether oxygens (including phenoxy) is 3. The van der Waals surface area contributed by atoms with Crippen molar-refractivity contribution in [1.82, 2.24) is 0 Å². The van der Waals surface area contributed by atoms with E-state index in [2.05, 4.69) is 0 Å². The lowest BCUT2D eigenvalue weighted by Gasteiger charge is -2.11.